The maximum atomic E-state index is 12.5. The Morgan fingerprint density at radius 1 is 1.17 bits per heavy atom. The normalized spacial score (nSPS) is 16.0. The van der Waals surface area contributed by atoms with Crippen LogP contribution in [-0.2, 0) is 10.0 Å². The Kier molecular flexibility index (Phi) is 5.14. The van der Waals surface area contributed by atoms with E-state index in [0.29, 0.717) is 18.1 Å². The van der Waals surface area contributed by atoms with E-state index in [1.807, 2.05) is 0 Å². The number of carbonyl (C=O) groups is 1. The van der Waals surface area contributed by atoms with Crippen molar-refractivity contribution in [1.29, 1.82) is 0 Å². The fourth-order valence-electron chi connectivity index (χ4n) is 2.39. The van der Waals surface area contributed by atoms with Crippen LogP contribution in [-0.4, -0.2) is 41.9 Å². The number of sulfonamides is 1. The van der Waals surface area contributed by atoms with Gasteiger partial charge in [0.15, 0.2) is 0 Å². The number of rotatable bonds is 4. The second kappa shape index (κ2) is 7.14. The molecule has 0 atom stereocenters. The summed E-state index contributed by atoms with van der Waals surface area (Å²) in [6, 6.07) is 6.58. The Morgan fingerprint density at radius 2 is 1.88 bits per heavy atom. The molecule has 1 saturated heterocycles. The van der Waals surface area contributed by atoms with Gasteiger partial charge in [-0.2, -0.15) is 4.31 Å². The van der Waals surface area contributed by atoms with E-state index in [4.69, 9.17) is 11.6 Å². The molecule has 1 aliphatic heterocycles. The van der Waals surface area contributed by atoms with Crippen LogP contribution < -0.4 is 5.32 Å². The first-order valence-corrected chi connectivity index (χ1v) is 10.0. The highest BCUT2D eigenvalue weighted by molar-refractivity contribution is 7.91. The smallest absolute Gasteiger partial charge is 0.272 e. The summed E-state index contributed by atoms with van der Waals surface area (Å²) in [5, 5.41) is 10.4. The molecular weight excluding hydrogens is 372 g/mol. The van der Waals surface area contributed by atoms with Crippen molar-refractivity contribution in [2.45, 2.75) is 23.6 Å². The van der Waals surface area contributed by atoms with Gasteiger partial charge < -0.3 is 0 Å². The molecule has 0 saturated carbocycles. The van der Waals surface area contributed by atoms with Crippen molar-refractivity contribution in [1.82, 2.24) is 14.5 Å². The van der Waals surface area contributed by atoms with Gasteiger partial charge in [0.2, 0.25) is 9.47 Å². The molecule has 0 bridgehead atoms. The zero-order valence-corrected chi connectivity index (χ0v) is 15.0. The number of nitrogens with one attached hydrogen (secondary N) is 1. The van der Waals surface area contributed by atoms with Gasteiger partial charge in [-0.15, -0.1) is 10.2 Å². The lowest BCUT2D eigenvalue weighted by molar-refractivity contribution is 0.102. The standard InChI is InChI=1S/C14H15ClN4O3S2/c15-11-7-3-2-6-10(11)12(20)16-13-17-18-14(23-13)24(21,22)19-8-4-1-5-9-19/h2-3,6-7H,1,4-5,8-9H2,(H,16,17,20). The lowest BCUT2D eigenvalue weighted by Crippen LogP contribution is -2.35. The van der Waals surface area contributed by atoms with Crippen LogP contribution in [0.5, 0.6) is 0 Å². The fourth-order valence-corrected chi connectivity index (χ4v) is 5.16. The predicted octanol–water partition coefficient (Wildman–Crippen LogP) is 2.62. The van der Waals surface area contributed by atoms with Crippen LogP contribution in [0.25, 0.3) is 0 Å². The van der Waals surface area contributed by atoms with E-state index >= 15 is 0 Å². The van der Waals surface area contributed by atoms with Crippen LogP contribution >= 0.6 is 22.9 Å². The highest BCUT2D eigenvalue weighted by Gasteiger charge is 2.29. The van der Waals surface area contributed by atoms with Gasteiger partial charge in [-0.1, -0.05) is 41.5 Å². The van der Waals surface area contributed by atoms with Crippen LogP contribution in [0, 0.1) is 0 Å². The minimum atomic E-state index is -3.65. The number of piperidine rings is 1. The van der Waals surface area contributed by atoms with Gasteiger partial charge in [0, 0.05) is 13.1 Å². The second-order valence-electron chi connectivity index (χ2n) is 5.27. The summed E-state index contributed by atoms with van der Waals surface area (Å²) in [4.78, 5) is 12.2. The van der Waals surface area contributed by atoms with Crippen molar-refractivity contribution in [3.05, 3.63) is 34.9 Å². The summed E-state index contributed by atoms with van der Waals surface area (Å²) in [5.74, 6) is -0.460. The molecule has 2 heterocycles. The number of halogens is 1. The summed E-state index contributed by atoms with van der Waals surface area (Å²) < 4.78 is 26.3. The fraction of sp³-hybridized carbons (Fsp3) is 0.357. The largest absolute Gasteiger partial charge is 0.296 e. The van der Waals surface area contributed by atoms with E-state index in [0.717, 1.165) is 30.6 Å². The number of anilines is 1. The zero-order valence-electron chi connectivity index (χ0n) is 12.6. The summed E-state index contributed by atoms with van der Waals surface area (Å²) in [6.45, 7) is 0.979. The zero-order chi connectivity index (χ0) is 17.2. The lowest BCUT2D eigenvalue weighted by Gasteiger charge is -2.24. The maximum Gasteiger partial charge on any atom is 0.272 e. The second-order valence-corrected chi connectivity index (χ2v) is 8.77. The average Bonchev–Trinajstić information content (AvgIpc) is 3.05. The molecular formula is C14H15ClN4O3S2. The van der Waals surface area contributed by atoms with Crippen molar-refractivity contribution in [3.63, 3.8) is 0 Å². The predicted molar refractivity (Wildman–Crippen MR) is 91.9 cm³/mol. The summed E-state index contributed by atoms with van der Waals surface area (Å²) in [7, 11) is -3.65. The molecule has 0 spiro atoms. The van der Waals surface area contributed by atoms with E-state index in [1.165, 1.54) is 4.31 Å². The summed E-state index contributed by atoms with van der Waals surface area (Å²) in [6.07, 6.45) is 2.71. The molecule has 1 N–H and O–H groups in total. The molecule has 1 aromatic carbocycles. The molecule has 0 radical (unpaired) electrons. The third-order valence-corrected chi connectivity index (χ3v) is 7.03. The van der Waals surface area contributed by atoms with Gasteiger partial charge in [0.25, 0.3) is 15.9 Å². The number of nitrogens with zero attached hydrogens (tertiary/aromatic N) is 3. The van der Waals surface area contributed by atoms with Crippen molar-refractivity contribution < 1.29 is 13.2 Å². The van der Waals surface area contributed by atoms with Gasteiger partial charge >= 0.3 is 0 Å². The summed E-state index contributed by atoms with van der Waals surface area (Å²) >= 11 is 6.80. The molecule has 1 aliphatic rings. The van der Waals surface area contributed by atoms with E-state index in [9.17, 15) is 13.2 Å². The van der Waals surface area contributed by atoms with Crippen molar-refractivity contribution in [3.8, 4) is 0 Å². The van der Waals surface area contributed by atoms with Crippen molar-refractivity contribution in [2.75, 3.05) is 18.4 Å². The third kappa shape index (κ3) is 3.59. The highest BCUT2D eigenvalue weighted by Crippen LogP contribution is 2.26. The number of benzene rings is 1. The molecule has 24 heavy (non-hydrogen) atoms. The topological polar surface area (TPSA) is 92.3 Å². The molecule has 1 amide bonds. The molecule has 1 aromatic heterocycles. The Bertz CT molecular complexity index is 847. The molecule has 0 aliphatic carbocycles. The molecule has 0 unspecified atom stereocenters. The third-order valence-electron chi connectivity index (χ3n) is 3.62. The van der Waals surface area contributed by atoms with E-state index in [2.05, 4.69) is 15.5 Å². The van der Waals surface area contributed by atoms with E-state index in [-0.39, 0.29) is 15.0 Å². The Balaban J connectivity index is 1.76. The van der Waals surface area contributed by atoms with Crippen LogP contribution in [0.1, 0.15) is 29.6 Å². The van der Waals surface area contributed by atoms with Crippen LogP contribution in [0.3, 0.4) is 0 Å². The quantitative estimate of drug-likeness (QED) is 0.815. The van der Waals surface area contributed by atoms with Crippen LogP contribution in [0.4, 0.5) is 5.13 Å². The number of carbonyl (C=O) groups excluding carboxylic acids is 1. The monoisotopic (exact) mass is 386 g/mol. The van der Waals surface area contributed by atoms with Gasteiger partial charge in [0.05, 0.1) is 10.6 Å². The Morgan fingerprint density at radius 3 is 2.58 bits per heavy atom. The lowest BCUT2D eigenvalue weighted by atomic mass is 10.2. The molecule has 7 nitrogen and oxygen atoms in total. The molecule has 1 fully saturated rings. The van der Waals surface area contributed by atoms with Gasteiger partial charge in [0.1, 0.15) is 0 Å². The van der Waals surface area contributed by atoms with Crippen molar-refractivity contribution >= 4 is 44.0 Å². The molecule has 128 valence electrons. The van der Waals surface area contributed by atoms with Crippen LogP contribution in [0.2, 0.25) is 5.02 Å². The average molecular weight is 387 g/mol. The number of aromatic nitrogens is 2. The Hall–Kier alpha value is -1.55. The molecule has 10 heteroatoms. The van der Waals surface area contributed by atoms with E-state index in [1.54, 1.807) is 24.3 Å². The maximum absolute atomic E-state index is 12.5. The first kappa shape index (κ1) is 17.3. The van der Waals surface area contributed by atoms with Crippen molar-refractivity contribution in [2.24, 2.45) is 0 Å². The SMILES string of the molecule is O=C(Nc1nnc(S(=O)(=O)N2CCCCC2)s1)c1ccccc1Cl. The highest BCUT2D eigenvalue weighted by atomic mass is 35.5. The minimum Gasteiger partial charge on any atom is -0.296 e. The summed E-state index contributed by atoms with van der Waals surface area (Å²) in [5.41, 5.74) is 0.287. The first-order chi connectivity index (χ1) is 11.5. The van der Waals surface area contributed by atoms with E-state index < -0.39 is 15.9 Å². The Labute approximate surface area is 148 Å². The number of hydrogen-bond acceptors (Lipinski definition) is 6. The van der Waals surface area contributed by atoms with Crippen LogP contribution in [0.15, 0.2) is 28.6 Å². The first-order valence-electron chi connectivity index (χ1n) is 7.38. The molecule has 3 rings (SSSR count). The van der Waals surface area contributed by atoms with Gasteiger partial charge in [-0.3, -0.25) is 10.1 Å². The molecule has 2 aromatic rings. The number of amides is 1. The number of hydrogen-bond donors (Lipinski definition) is 1. The minimum absolute atomic E-state index is 0.112. The van der Waals surface area contributed by atoms with Gasteiger partial charge in [-0.05, 0) is 25.0 Å². The van der Waals surface area contributed by atoms with Gasteiger partial charge in [-0.25, -0.2) is 8.42 Å².